The zero-order valence-corrected chi connectivity index (χ0v) is 12.0. The van der Waals surface area contributed by atoms with Gasteiger partial charge in [-0.15, -0.1) is 5.10 Å². The molecule has 0 aliphatic heterocycles. The van der Waals surface area contributed by atoms with Crippen LogP contribution < -0.4 is 5.32 Å². The van der Waals surface area contributed by atoms with Crippen LogP contribution in [0.25, 0.3) is 5.69 Å². The third kappa shape index (κ3) is 3.47. The molecule has 2 heterocycles. The Morgan fingerprint density at radius 2 is 1.88 bits per heavy atom. The fourth-order valence-corrected chi connectivity index (χ4v) is 1.94. The van der Waals surface area contributed by atoms with Gasteiger partial charge in [-0.2, -0.15) is 13.2 Å². The Labute approximate surface area is 133 Å². The van der Waals surface area contributed by atoms with Crippen LogP contribution in [0.4, 0.5) is 23.5 Å². The standard InChI is InChI=1S/C14H10F4N6/c15-12-3-2-10(6-11(12)14(16,17)18)24-8-9(22-23-24)7-21-13-19-4-1-5-20-13/h1-6,8H,7H2,(H,19,20,21). The van der Waals surface area contributed by atoms with Gasteiger partial charge in [0.15, 0.2) is 0 Å². The predicted molar refractivity (Wildman–Crippen MR) is 75.7 cm³/mol. The van der Waals surface area contributed by atoms with Crippen LogP contribution in [-0.4, -0.2) is 25.0 Å². The van der Waals surface area contributed by atoms with Crippen molar-refractivity contribution in [2.75, 3.05) is 5.32 Å². The molecule has 0 saturated heterocycles. The van der Waals surface area contributed by atoms with Gasteiger partial charge in [0.2, 0.25) is 5.95 Å². The second-order valence-electron chi connectivity index (χ2n) is 4.74. The monoisotopic (exact) mass is 338 g/mol. The Bertz CT molecular complexity index is 831. The van der Waals surface area contributed by atoms with Gasteiger partial charge in [0.1, 0.15) is 11.5 Å². The zero-order valence-electron chi connectivity index (χ0n) is 12.0. The third-order valence-electron chi connectivity index (χ3n) is 3.05. The van der Waals surface area contributed by atoms with Gasteiger partial charge < -0.3 is 5.32 Å². The van der Waals surface area contributed by atoms with E-state index in [0.29, 0.717) is 17.7 Å². The number of anilines is 1. The largest absolute Gasteiger partial charge is 0.419 e. The van der Waals surface area contributed by atoms with E-state index in [2.05, 4.69) is 25.6 Å². The van der Waals surface area contributed by atoms with Crippen LogP contribution in [0.2, 0.25) is 0 Å². The molecule has 1 aromatic carbocycles. The Hall–Kier alpha value is -3.04. The first-order valence-electron chi connectivity index (χ1n) is 6.73. The molecule has 0 spiro atoms. The van der Waals surface area contributed by atoms with Crippen molar-refractivity contribution in [3.05, 3.63) is 59.9 Å². The number of hydrogen-bond acceptors (Lipinski definition) is 5. The summed E-state index contributed by atoms with van der Waals surface area (Å²) in [7, 11) is 0. The molecule has 24 heavy (non-hydrogen) atoms. The van der Waals surface area contributed by atoms with Crippen LogP contribution in [0.5, 0.6) is 0 Å². The van der Waals surface area contributed by atoms with E-state index in [1.165, 1.54) is 12.3 Å². The van der Waals surface area contributed by atoms with E-state index in [1.54, 1.807) is 18.5 Å². The highest BCUT2D eigenvalue weighted by Gasteiger charge is 2.34. The minimum atomic E-state index is -4.78. The molecule has 0 amide bonds. The van der Waals surface area contributed by atoms with E-state index in [-0.39, 0.29) is 12.2 Å². The molecule has 0 aliphatic rings. The topological polar surface area (TPSA) is 68.5 Å². The number of alkyl halides is 3. The van der Waals surface area contributed by atoms with Crippen LogP contribution >= 0.6 is 0 Å². The zero-order chi connectivity index (χ0) is 17.2. The summed E-state index contributed by atoms with van der Waals surface area (Å²) >= 11 is 0. The maximum atomic E-state index is 13.3. The molecular formula is C14H10F4N6. The van der Waals surface area contributed by atoms with Crippen LogP contribution in [0, 0.1) is 5.82 Å². The van der Waals surface area contributed by atoms with Crippen molar-refractivity contribution in [1.29, 1.82) is 0 Å². The van der Waals surface area contributed by atoms with Crippen LogP contribution in [0.15, 0.2) is 42.9 Å². The number of benzene rings is 1. The summed E-state index contributed by atoms with van der Waals surface area (Å²) in [5, 5.41) is 10.5. The number of nitrogens with zero attached hydrogens (tertiary/aromatic N) is 5. The molecule has 0 fully saturated rings. The number of halogens is 4. The first kappa shape index (κ1) is 15.8. The third-order valence-corrected chi connectivity index (χ3v) is 3.05. The van der Waals surface area contributed by atoms with Gasteiger partial charge in [-0.1, -0.05) is 5.21 Å². The average molecular weight is 338 g/mol. The minimum Gasteiger partial charge on any atom is -0.348 e. The lowest BCUT2D eigenvalue weighted by molar-refractivity contribution is -0.140. The van der Waals surface area contributed by atoms with Crippen molar-refractivity contribution >= 4 is 5.95 Å². The lowest BCUT2D eigenvalue weighted by Crippen LogP contribution is -2.09. The Balaban J connectivity index is 1.78. The Morgan fingerprint density at radius 3 is 2.58 bits per heavy atom. The predicted octanol–water partition coefficient (Wildman–Crippen LogP) is 2.83. The molecule has 3 rings (SSSR count). The number of rotatable bonds is 4. The van der Waals surface area contributed by atoms with Crippen LogP contribution in [-0.2, 0) is 12.7 Å². The van der Waals surface area contributed by atoms with Crippen LogP contribution in [0.3, 0.4) is 0 Å². The first-order chi connectivity index (χ1) is 11.4. The fraction of sp³-hybridized carbons (Fsp3) is 0.143. The summed E-state index contributed by atoms with van der Waals surface area (Å²) in [4.78, 5) is 7.93. The lowest BCUT2D eigenvalue weighted by Gasteiger charge is -2.09. The number of hydrogen-bond donors (Lipinski definition) is 1. The second-order valence-corrected chi connectivity index (χ2v) is 4.74. The van der Waals surface area contributed by atoms with E-state index < -0.39 is 17.6 Å². The molecule has 0 unspecified atom stereocenters. The minimum absolute atomic E-state index is 0.0541. The molecule has 0 aliphatic carbocycles. The Kier molecular flexibility index (Phi) is 4.11. The summed E-state index contributed by atoms with van der Waals surface area (Å²) < 4.78 is 52.7. The maximum absolute atomic E-state index is 13.3. The molecule has 0 bridgehead atoms. The molecule has 6 nitrogen and oxygen atoms in total. The lowest BCUT2D eigenvalue weighted by atomic mass is 10.2. The van der Waals surface area contributed by atoms with Gasteiger partial charge in [-0.3, -0.25) is 0 Å². The molecule has 124 valence electrons. The molecular weight excluding hydrogens is 328 g/mol. The maximum Gasteiger partial charge on any atom is 0.419 e. The molecule has 0 saturated carbocycles. The molecule has 1 N–H and O–H groups in total. The fourth-order valence-electron chi connectivity index (χ4n) is 1.94. The van der Waals surface area contributed by atoms with Gasteiger partial charge in [0.05, 0.1) is 24.0 Å². The SMILES string of the molecule is Fc1ccc(-n2cc(CNc3ncccn3)nn2)cc1C(F)(F)F. The van der Waals surface area contributed by atoms with Crippen molar-refractivity contribution < 1.29 is 17.6 Å². The van der Waals surface area contributed by atoms with Gasteiger partial charge in [0, 0.05) is 12.4 Å². The highest BCUT2D eigenvalue weighted by Crippen LogP contribution is 2.32. The summed E-state index contributed by atoms with van der Waals surface area (Å²) in [6.07, 6.45) is -0.230. The van der Waals surface area contributed by atoms with Crippen molar-refractivity contribution in [2.45, 2.75) is 12.7 Å². The van der Waals surface area contributed by atoms with Crippen molar-refractivity contribution in [2.24, 2.45) is 0 Å². The van der Waals surface area contributed by atoms with Gasteiger partial charge >= 0.3 is 6.18 Å². The normalized spacial score (nSPS) is 11.5. The highest BCUT2D eigenvalue weighted by molar-refractivity contribution is 5.37. The van der Waals surface area contributed by atoms with E-state index in [1.807, 2.05) is 0 Å². The van der Waals surface area contributed by atoms with Gasteiger partial charge in [0.25, 0.3) is 0 Å². The van der Waals surface area contributed by atoms with Crippen molar-refractivity contribution in [1.82, 2.24) is 25.0 Å². The van der Waals surface area contributed by atoms with E-state index in [0.717, 1.165) is 10.7 Å². The number of aromatic nitrogens is 5. The Morgan fingerprint density at radius 1 is 1.12 bits per heavy atom. The van der Waals surface area contributed by atoms with Gasteiger partial charge in [-0.05, 0) is 24.3 Å². The summed E-state index contributed by atoms with van der Waals surface area (Å²) in [5.41, 5.74) is -0.841. The highest BCUT2D eigenvalue weighted by atomic mass is 19.4. The summed E-state index contributed by atoms with van der Waals surface area (Å²) in [6.45, 7) is 0.233. The van der Waals surface area contributed by atoms with E-state index >= 15 is 0 Å². The molecule has 2 aromatic heterocycles. The average Bonchev–Trinajstić information content (AvgIpc) is 3.02. The second kappa shape index (κ2) is 6.22. The van der Waals surface area contributed by atoms with Crippen LogP contribution in [0.1, 0.15) is 11.3 Å². The summed E-state index contributed by atoms with van der Waals surface area (Å²) in [6, 6.07) is 4.28. The summed E-state index contributed by atoms with van der Waals surface area (Å²) in [5.74, 6) is -0.956. The molecule has 0 radical (unpaired) electrons. The van der Waals surface area contributed by atoms with E-state index in [4.69, 9.17) is 0 Å². The quantitative estimate of drug-likeness (QED) is 0.741. The van der Waals surface area contributed by atoms with Crippen molar-refractivity contribution in [3.8, 4) is 5.69 Å². The number of nitrogens with one attached hydrogen (secondary N) is 1. The molecule has 3 aromatic rings. The van der Waals surface area contributed by atoms with Gasteiger partial charge in [-0.25, -0.2) is 19.0 Å². The smallest absolute Gasteiger partial charge is 0.348 e. The molecule has 0 atom stereocenters. The van der Waals surface area contributed by atoms with E-state index in [9.17, 15) is 17.6 Å². The molecule has 10 heteroatoms. The van der Waals surface area contributed by atoms with Crippen molar-refractivity contribution in [3.63, 3.8) is 0 Å². The first-order valence-corrected chi connectivity index (χ1v) is 6.73.